The van der Waals surface area contributed by atoms with Gasteiger partial charge in [-0.1, -0.05) is 11.6 Å². The summed E-state index contributed by atoms with van der Waals surface area (Å²) in [5.41, 5.74) is 4.15. The lowest BCUT2D eigenvalue weighted by atomic mass is 10.0. The molecule has 3 nitrogen and oxygen atoms in total. The predicted molar refractivity (Wildman–Crippen MR) is 72.2 cm³/mol. The molecule has 0 heterocycles. The monoisotopic (exact) mass is 349 g/mol. The molecule has 120 valence electrons. The number of alkyl halides is 4. The van der Waals surface area contributed by atoms with E-state index in [1.807, 2.05) is 0 Å². The van der Waals surface area contributed by atoms with Crippen LogP contribution in [0.2, 0.25) is 5.02 Å². The third-order valence-electron chi connectivity index (χ3n) is 2.46. The molecule has 1 aromatic rings. The van der Waals surface area contributed by atoms with E-state index in [-0.39, 0.29) is 29.6 Å². The summed E-state index contributed by atoms with van der Waals surface area (Å²) in [6.07, 6.45) is -6.91. The van der Waals surface area contributed by atoms with Gasteiger partial charge in [-0.2, -0.15) is 13.2 Å². The fourth-order valence-electron chi connectivity index (χ4n) is 1.51. The van der Waals surface area contributed by atoms with Gasteiger partial charge in [-0.05, 0) is 30.7 Å². The van der Waals surface area contributed by atoms with Crippen LogP contribution in [0.1, 0.15) is 24.1 Å². The van der Waals surface area contributed by atoms with E-state index in [0.29, 0.717) is 12.1 Å². The van der Waals surface area contributed by atoms with Crippen LogP contribution in [0.15, 0.2) is 18.2 Å². The summed E-state index contributed by atoms with van der Waals surface area (Å²) in [4.78, 5) is 11.2. The SMILES string of the molecule is CCOC(=O)C(F)[C@@H](N)c1cc(Cl)cc(C(F)(F)F)c1.Cl. The van der Waals surface area contributed by atoms with Crippen molar-refractivity contribution in [1.82, 2.24) is 0 Å². The number of carbonyl (C=O) groups is 1. The Hall–Kier alpha value is -1.05. The lowest BCUT2D eigenvalue weighted by Crippen LogP contribution is -2.31. The van der Waals surface area contributed by atoms with Gasteiger partial charge in [0.15, 0.2) is 0 Å². The van der Waals surface area contributed by atoms with E-state index in [2.05, 4.69) is 4.74 Å². The summed E-state index contributed by atoms with van der Waals surface area (Å²) < 4.78 is 55.9. The molecule has 0 saturated carbocycles. The van der Waals surface area contributed by atoms with Crippen molar-refractivity contribution in [3.05, 3.63) is 34.3 Å². The standard InChI is InChI=1S/C12H12ClF4NO2.ClH/c1-2-20-11(19)9(14)10(18)6-3-7(12(15,16)17)5-8(13)4-6;/h3-5,9-10H,2,18H2,1H3;1H/t9?,10-;/m0./s1. The zero-order valence-electron chi connectivity index (χ0n) is 10.8. The van der Waals surface area contributed by atoms with Crippen LogP contribution < -0.4 is 5.73 Å². The van der Waals surface area contributed by atoms with Gasteiger partial charge >= 0.3 is 12.1 Å². The first-order valence-electron chi connectivity index (χ1n) is 5.60. The van der Waals surface area contributed by atoms with Crippen molar-refractivity contribution in [2.45, 2.75) is 25.3 Å². The summed E-state index contributed by atoms with van der Waals surface area (Å²) in [5, 5.41) is -0.249. The number of esters is 1. The molecule has 0 fully saturated rings. The smallest absolute Gasteiger partial charge is 0.416 e. The van der Waals surface area contributed by atoms with E-state index in [0.717, 1.165) is 6.07 Å². The lowest BCUT2D eigenvalue weighted by Gasteiger charge is -2.17. The molecule has 21 heavy (non-hydrogen) atoms. The molecule has 0 aliphatic heterocycles. The normalized spacial score (nSPS) is 14.0. The minimum absolute atomic E-state index is 0. The molecule has 0 bridgehead atoms. The van der Waals surface area contributed by atoms with Crippen LogP contribution in [0.25, 0.3) is 0 Å². The van der Waals surface area contributed by atoms with Crippen molar-refractivity contribution >= 4 is 30.0 Å². The molecule has 2 N–H and O–H groups in total. The maximum absolute atomic E-state index is 13.7. The topological polar surface area (TPSA) is 52.3 Å². The molecule has 0 aromatic heterocycles. The van der Waals surface area contributed by atoms with Crippen molar-refractivity contribution in [3.63, 3.8) is 0 Å². The molecule has 0 amide bonds. The Morgan fingerprint density at radius 3 is 2.43 bits per heavy atom. The van der Waals surface area contributed by atoms with Gasteiger partial charge in [0.2, 0.25) is 6.17 Å². The Balaban J connectivity index is 0.00000400. The molecule has 2 atom stereocenters. The first kappa shape index (κ1) is 19.9. The Morgan fingerprint density at radius 2 is 1.95 bits per heavy atom. The van der Waals surface area contributed by atoms with Gasteiger partial charge in [0.25, 0.3) is 0 Å². The minimum atomic E-state index is -4.64. The molecule has 9 heteroatoms. The Morgan fingerprint density at radius 1 is 1.38 bits per heavy atom. The van der Waals surface area contributed by atoms with Crippen molar-refractivity contribution < 1.29 is 27.1 Å². The van der Waals surface area contributed by atoms with Crippen LogP contribution in [0.4, 0.5) is 17.6 Å². The van der Waals surface area contributed by atoms with Crippen LogP contribution in [-0.4, -0.2) is 18.7 Å². The van der Waals surface area contributed by atoms with E-state index in [1.165, 1.54) is 6.92 Å². The lowest BCUT2D eigenvalue weighted by molar-refractivity contribution is -0.149. The first-order chi connectivity index (χ1) is 9.16. The van der Waals surface area contributed by atoms with Gasteiger partial charge < -0.3 is 10.5 Å². The van der Waals surface area contributed by atoms with Gasteiger partial charge in [0.05, 0.1) is 18.2 Å². The molecule has 0 aliphatic carbocycles. The molecule has 0 saturated heterocycles. The fraction of sp³-hybridized carbons (Fsp3) is 0.417. The van der Waals surface area contributed by atoms with Gasteiger partial charge in [-0.25, -0.2) is 9.18 Å². The van der Waals surface area contributed by atoms with Crippen LogP contribution in [0.3, 0.4) is 0 Å². The zero-order valence-corrected chi connectivity index (χ0v) is 12.4. The van der Waals surface area contributed by atoms with E-state index in [1.54, 1.807) is 0 Å². The molecule has 0 spiro atoms. The number of nitrogens with two attached hydrogens (primary N) is 1. The maximum atomic E-state index is 13.7. The highest BCUT2D eigenvalue weighted by Gasteiger charge is 2.33. The molecule has 1 aromatic carbocycles. The van der Waals surface area contributed by atoms with E-state index in [4.69, 9.17) is 17.3 Å². The number of hydrogen-bond donors (Lipinski definition) is 1. The summed E-state index contributed by atoms with van der Waals surface area (Å²) in [6, 6.07) is 0.833. The second-order valence-corrected chi connectivity index (χ2v) is 4.39. The van der Waals surface area contributed by atoms with Gasteiger partial charge in [0.1, 0.15) is 0 Å². The van der Waals surface area contributed by atoms with E-state index >= 15 is 0 Å². The highest BCUT2D eigenvalue weighted by Crippen LogP contribution is 2.33. The third kappa shape index (κ3) is 5.33. The second-order valence-electron chi connectivity index (χ2n) is 3.95. The summed E-state index contributed by atoms with van der Waals surface area (Å²) in [5.74, 6) is -1.23. The first-order valence-corrected chi connectivity index (χ1v) is 5.98. The number of benzene rings is 1. The number of ether oxygens (including phenoxy) is 1. The Labute approximate surface area is 129 Å². The van der Waals surface area contributed by atoms with Crippen LogP contribution in [0.5, 0.6) is 0 Å². The summed E-state index contributed by atoms with van der Waals surface area (Å²) >= 11 is 5.55. The van der Waals surface area contributed by atoms with Crippen molar-refractivity contribution in [3.8, 4) is 0 Å². The summed E-state index contributed by atoms with van der Waals surface area (Å²) in [6.45, 7) is 1.41. The molecular weight excluding hydrogens is 337 g/mol. The maximum Gasteiger partial charge on any atom is 0.416 e. The fourth-order valence-corrected chi connectivity index (χ4v) is 1.75. The Kier molecular flexibility index (Phi) is 7.43. The predicted octanol–water partition coefficient (Wildman–Crippen LogP) is 3.68. The quantitative estimate of drug-likeness (QED) is 0.666. The van der Waals surface area contributed by atoms with Crippen LogP contribution >= 0.6 is 24.0 Å². The van der Waals surface area contributed by atoms with Gasteiger partial charge in [-0.15, -0.1) is 12.4 Å². The highest BCUT2D eigenvalue weighted by molar-refractivity contribution is 6.30. The van der Waals surface area contributed by atoms with E-state index in [9.17, 15) is 22.4 Å². The number of rotatable bonds is 4. The highest BCUT2D eigenvalue weighted by atomic mass is 35.5. The largest absolute Gasteiger partial charge is 0.464 e. The second kappa shape index (κ2) is 7.82. The molecule has 1 rings (SSSR count). The van der Waals surface area contributed by atoms with Gasteiger partial charge in [-0.3, -0.25) is 0 Å². The number of hydrogen-bond acceptors (Lipinski definition) is 3. The van der Waals surface area contributed by atoms with Crippen molar-refractivity contribution in [2.75, 3.05) is 6.61 Å². The summed E-state index contributed by atoms with van der Waals surface area (Å²) in [7, 11) is 0. The third-order valence-corrected chi connectivity index (χ3v) is 2.68. The van der Waals surface area contributed by atoms with Crippen LogP contribution in [0, 0.1) is 0 Å². The minimum Gasteiger partial charge on any atom is -0.464 e. The molecular formula is C12H13Cl2F4NO2. The molecule has 1 unspecified atom stereocenters. The van der Waals surface area contributed by atoms with Crippen molar-refractivity contribution in [1.29, 1.82) is 0 Å². The van der Waals surface area contributed by atoms with Crippen molar-refractivity contribution in [2.24, 2.45) is 5.73 Å². The number of halogens is 6. The molecule has 0 aliphatic rings. The average molecular weight is 350 g/mol. The zero-order chi connectivity index (χ0) is 15.5. The Bertz CT molecular complexity index is 497. The molecule has 0 radical (unpaired) electrons. The van der Waals surface area contributed by atoms with Crippen LogP contribution in [-0.2, 0) is 15.7 Å². The van der Waals surface area contributed by atoms with Gasteiger partial charge in [0, 0.05) is 5.02 Å². The number of carbonyl (C=O) groups excluding carboxylic acids is 1. The average Bonchev–Trinajstić information content (AvgIpc) is 2.35. The van der Waals surface area contributed by atoms with E-state index < -0.39 is 29.9 Å².